The summed E-state index contributed by atoms with van der Waals surface area (Å²) in [5, 5.41) is 18.7. The Morgan fingerprint density at radius 3 is 2.75 bits per heavy atom. The molecule has 0 bridgehead atoms. The van der Waals surface area contributed by atoms with E-state index in [0.717, 1.165) is 22.6 Å². The number of hydrogen-bond acceptors (Lipinski definition) is 6. The van der Waals surface area contributed by atoms with Gasteiger partial charge in [-0.25, -0.2) is 5.01 Å². The number of hydrazone groups is 1. The van der Waals surface area contributed by atoms with Crippen LogP contribution in [0.3, 0.4) is 0 Å². The molecule has 3 aromatic carbocycles. The van der Waals surface area contributed by atoms with Crippen LogP contribution >= 0.6 is 11.6 Å². The molecule has 2 atom stereocenters. The third kappa shape index (κ3) is 3.65. The monoisotopic (exact) mass is 449 g/mol. The predicted molar refractivity (Wildman–Crippen MR) is 121 cm³/mol. The number of nitro groups is 1. The van der Waals surface area contributed by atoms with Crippen LogP contribution in [0.5, 0.6) is 11.5 Å². The average Bonchev–Trinajstić information content (AvgIpc) is 3.25. The first-order valence-electron chi connectivity index (χ1n) is 10.3. The number of nitrogens with zero attached hydrogens (tertiary/aromatic N) is 3. The highest BCUT2D eigenvalue weighted by molar-refractivity contribution is 6.30. The fraction of sp³-hybridized carbons (Fsp3) is 0.208. The molecule has 2 aliphatic heterocycles. The summed E-state index contributed by atoms with van der Waals surface area (Å²) in [6, 6.07) is 19.8. The molecule has 0 radical (unpaired) electrons. The van der Waals surface area contributed by atoms with Crippen molar-refractivity contribution in [2.45, 2.75) is 25.6 Å². The molecular formula is C24H20ClN3O4. The number of rotatable bonds is 5. The lowest BCUT2D eigenvalue weighted by Gasteiger charge is -2.38. The van der Waals surface area contributed by atoms with E-state index in [2.05, 4.69) is 0 Å². The molecule has 0 aliphatic carbocycles. The van der Waals surface area contributed by atoms with Crippen molar-refractivity contribution >= 4 is 23.0 Å². The Bertz CT molecular complexity index is 1210. The minimum absolute atomic E-state index is 0.0134. The van der Waals surface area contributed by atoms with Gasteiger partial charge in [0.1, 0.15) is 11.5 Å². The van der Waals surface area contributed by atoms with Crippen molar-refractivity contribution in [3.63, 3.8) is 0 Å². The van der Waals surface area contributed by atoms with Gasteiger partial charge in [0.15, 0.2) is 0 Å². The second kappa shape index (κ2) is 8.16. The lowest BCUT2D eigenvalue weighted by molar-refractivity contribution is -0.385. The van der Waals surface area contributed by atoms with E-state index in [-0.39, 0.29) is 11.7 Å². The lowest BCUT2D eigenvalue weighted by Crippen LogP contribution is -2.33. The molecule has 0 aromatic heterocycles. The van der Waals surface area contributed by atoms with Crippen LogP contribution in [-0.4, -0.2) is 22.3 Å². The van der Waals surface area contributed by atoms with Crippen molar-refractivity contribution in [2.75, 3.05) is 6.61 Å². The number of benzene rings is 3. The van der Waals surface area contributed by atoms with Gasteiger partial charge in [-0.3, -0.25) is 10.1 Å². The first kappa shape index (κ1) is 20.3. The van der Waals surface area contributed by atoms with Crippen LogP contribution < -0.4 is 9.47 Å². The van der Waals surface area contributed by atoms with E-state index in [4.69, 9.17) is 26.2 Å². The molecule has 2 heterocycles. The van der Waals surface area contributed by atoms with Gasteiger partial charge in [0.05, 0.1) is 23.3 Å². The normalized spacial score (nSPS) is 18.9. The third-order valence-electron chi connectivity index (χ3n) is 5.62. The van der Waals surface area contributed by atoms with Crippen molar-refractivity contribution in [1.82, 2.24) is 5.01 Å². The van der Waals surface area contributed by atoms with E-state index < -0.39 is 11.2 Å². The molecule has 5 rings (SSSR count). The Hall–Kier alpha value is -3.58. The zero-order valence-corrected chi connectivity index (χ0v) is 18.0. The molecular weight excluding hydrogens is 430 g/mol. The number of fused-ring (bicyclic) bond motifs is 3. The van der Waals surface area contributed by atoms with Crippen molar-refractivity contribution in [3.8, 4) is 11.5 Å². The summed E-state index contributed by atoms with van der Waals surface area (Å²) < 4.78 is 11.8. The Labute approximate surface area is 190 Å². The Kier molecular flexibility index (Phi) is 5.19. The van der Waals surface area contributed by atoms with E-state index in [0.29, 0.717) is 29.4 Å². The molecule has 0 unspecified atom stereocenters. The Balaban J connectivity index is 1.56. The summed E-state index contributed by atoms with van der Waals surface area (Å²) in [5.41, 5.74) is 3.53. The molecule has 32 heavy (non-hydrogen) atoms. The maximum Gasteiger partial charge on any atom is 0.269 e. The van der Waals surface area contributed by atoms with E-state index in [1.165, 1.54) is 12.1 Å². The van der Waals surface area contributed by atoms with Gasteiger partial charge in [0.25, 0.3) is 5.69 Å². The molecule has 0 amide bonds. The summed E-state index contributed by atoms with van der Waals surface area (Å²) in [7, 11) is 0. The van der Waals surface area contributed by atoms with E-state index >= 15 is 0 Å². The quantitative estimate of drug-likeness (QED) is 0.358. The fourth-order valence-corrected chi connectivity index (χ4v) is 4.34. The molecule has 7 nitrogen and oxygen atoms in total. The fourth-order valence-electron chi connectivity index (χ4n) is 4.15. The van der Waals surface area contributed by atoms with Crippen LogP contribution in [0, 0.1) is 10.1 Å². The van der Waals surface area contributed by atoms with Gasteiger partial charge < -0.3 is 9.47 Å². The van der Waals surface area contributed by atoms with Gasteiger partial charge in [-0.1, -0.05) is 23.7 Å². The molecule has 2 aliphatic rings. The smallest absolute Gasteiger partial charge is 0.269 e. The SMILES string of the molecule is CCOc1ccc(C2=NN3[C@H](C2)c2cc(Cl)ccc2O[C@@H]3c2cccc([N+](=O)[O-])c2)cc1. The summed E-state index contributed by atoms with van der Waals surface area (Å²) in [6.07, 6.45) is 0.0737. The van der Waals surface area contributed by atoms with Crippen LogP contribution in [0.15, 0.2) is 71.8 Å². The van der Waals surface area contributed by atoms with Crippen LogP contribution in [-0.2, 0) is 0 Å². The Morgan fingerprint density at radius 2 is 2.00 bits per heavy atom. The van der Waals surface area contributed by atoms with Gasteiger partial charge in [0.2, 0.25) is 6.23 Å². The first-order valence-corrected chi connectivity index (χ1v) is 10.7. The van der Waals surface area contributed by atoms with E-state index in [1.807, 2.05) is 54.4 Å². The zero-order chi connectivity index (χ0) is 22.2. The maximum atomic E-state index is 11.3. The maximum absolute atomic E-state index is 11.3. The lowest BCUT2D eigenvalue weighted by atomic mass is 9.96. The second-order valence-electron chi connectivity index (χ2n) is 7.61. The molecule has 0 N–H and O–H groups in total. The van der Waals surface area contributed by atoms with Gasteiger partial charge in [-0.15, -0.1) is 0 Å². The van der Waals surface area contributed by atoms with Gasteiger partial charge in [-0.05, 0) is 55.0 Å². The van der Waals surface area contributed by atoms with Crippen molar-refractivity contribution < 1.29 is 14.4 Å². The van der Waals surface area contributed by atoms with Crippen LogP contribution in [0.4, 0.5) is 5.69 Å². The predicted octanol–water partition coefficient (Wildman–Crippen LogP) is 5.89. The van der Waals surface area contributed by atoms with Crippen molar-refractivity contribution in [1.29, 1.82) is 0 Å². The van der Waals surface area contributed by atoms with E-state index in [1.54, 1.807) is 12.1 Å². The number of ether oxygens (including phenoxy) is 2. The highest BCUT2D eigenvalue weighted by Gasteiger charge is 2.41. The molecule has 0 spiro atoms. The largest absolute Gasteiger partial charge is 0.494 e. The van der Waals surface area contributed by atoms with Crippen LogP contribution in [0.25, 0.3) is 0 Å². The molecule has 0 saturated heterocycles. The third-order valence-corrected chi connectivity index (χ3v) is 5.85. The van der Waals surface area contributed by atoms with Gasteiger partial charge in [0, 0.05) is 34.7 Å². The number of nitro benzene ring substituents is 1. The molecule has 8 heteroatoms. The molecule has 3 aromatic rings. The number of non-ortho nitro benzene ring substituents is 1. The van der Waals surface area contributed by atoms with E-state index in [9.17, 15) is 10.1 Å². The van der Waals surface area contributed by atoms with Gasteiger partial charge >= 0.3 is 0 Å². The molecule has 0 fully saturated rings. The highest BCUT2D eigenvalue weighted by atomic mass is 35.5. The van der Waals surface area contributed by atoms with Crippen molar-refractivity contribution in [3.05, 3.63) is 98.6 Å². The summed E-state index contributed by atoms with van der Waals surface area (Å²) >= 11 is 6.28. The minimum atomic E-state index is -0.589. The Morgan fingerprint density at radius 1 is 1.19 bits per heavy atom. The topological polar surface area (TPSA) is 77.2 Å². The van der Waals surface area contributed by atoms with Crippen LogP contribution in [0.1, 0.15) is 42.3 Å². The minimum Gasteiger partial charge on any atom is -0.494 e. The highest BCUT2D eigenvalue weighted by Crippen LogP contribution is 2.48. The average molecular weight is 450 g/mol. The summed E-state index contributed by atoms with van der Waals surface area (Å²) in [5.74, 6) is 1.51. The zero-order valence-electron chi connectivity index (χ0n) is 17.3. The van der Waals surface area contributed by atoms with Gasteiger partial charge in [-0.2, -0.15) is 5.10 Å². The molecule has 0 saturated carbocycles. The number of halogens is 1. The molecule has 162 valence electrons. The number of hydrogen-bond donors (Lipinski definition) is 0. The summed E-state index contributed by atoms with van der Waals surface area (Å²) in [6.45, 7) is 2.56. The first-order chi connectivity index (χ1) is 15.5. The standard InChI is InChI=1S/C24H20ClN3O4/c1-2-31-19-9-6-15(7-10-19)21-14-22-20-13-17(25)8-11-23(20)32-24(27(22)26-21)16-4-3-5-18(12-16)28(29)30/h3-13,22,24H,2,14H2,1H3/t22-,24-/m1/s1. The van der Waals surface area contributed by atoms with Crippen LogP contribution in [0.2, 0.25) is 5.02 Å². The summed E-state index contributed by atoms with van der Waals surface area (Å²) in [4.78, 5) is 10.9. The second-order valence-corrected chi connectivity index (χ2v) is 8.04. The van der Waals surface area contributed by atoms with Crippen molar-refractivity contribution in [2.24, 2.45) is 5.10 Å².